The Bertz CT molecular complexity index is 750. The van der Waals surface area contributed by atoms with Gasteiger partial charge in [-0.15, -0.1) is 0 Å². The highest BCUT2D eigenvalue weighted by molar-refractivity contribution is 6.30. The van der Waals surface area contributed by atoms with E-state index in [0.29, 0.717) is 30.0 Å². The number of halogens is 1. The summed E-state index contributed by atoms with van der Waals surface area (Å²) in [6, 6.07) is 10.7. The number of fused-ring (bicyclic) bond motifs is 3. The lowest BCUT2D eigenvalue weighted by Crippen LogP contribution is -2.35. The first-order valence-electron chi connectivity index (χ1n) is 7.48. The number of ether oxygens (including phenoxy) is 2. The molecule has 3 fully saturated rings. The molecule has 0 unspecified atom stereocenters. The first-order chi connectivity index (χ1) is 11.1. The molecule has 0 aromatic heterocycles. The van der Waals surface area contributed by atoms with Crippen LogP contribution >= 0.6 is 11.6 Å². The van der Waals surface area contributed by atoms with Crippen molar-refractivity contribution in [3.05, 3.63) is 34.9 Å². The zero-order valence-corrected chi connectivity index (χ0v) is 12.9. The van der Waals surface area contributed by atoms with Gasteiger partial charge in [-0.3, -0.25) is 4.79 Å². The van der Waals surface area contributed by atoms with Crippen molar-refractivity contribution in [2.45, 2.75) is 25.2 Å². The van der Waals surface area contributed by atoms with Crippen molar-refractivity contribution in [3.63, 3.8) is 0 Å². The third kappa shape index (κ3) is 1.70. The minimum absolute atomic E-state index is 0.00703. The summed E-state index contributed by atoms with van der Waals surface area (Å²) in [6.07, 6.45) is 0.647. The van der Waals surface area contributed by atoms with Gasteiger partial charge in [0.1, 0.15) is 0 Å². The van der Waals surface area contributed by atoms with E-state index in [-0.39, 0.29) is 11.9 Å². The Morgan fingerprint density at radius 1 is 1.26 bits per heavy atom. The first-order valence-corrected chi connectivity index (χ1v) is 7.86. The lowest BCUT2D eigenvalue weighted by Gasteiger charge is -2.29. The van der Waals surface area contributed by atoms with Crippen LogP contribution in [0.2, 0.25) is 5.02 Å². The molecule has 2 bridgehead atoms. The van der Waals surface area contributed by atoms with Crippen LogP contribution in [0.1, 0.15) is 23.2 Å². The van der Waals surface area contributed by atoms with E-state index in [9.17, 15) is 15.3 Å². The van der Waals surface area contributed by atoms with E-state index >= 15 is 0 Å². The van der Waals surface area contributed by atoms with Crippen molar-refractivity contribution in [1.29, 1.82) is 10.5 Å². The van der Waals surface area contributed by atoms with Gasteiger partial charge in [-0.2, -0.15) is 10.5 Å². The molecule has 2 saturated heterocycles. The predicted molar refractivity (Wildman–Crippen MR) is 79.2 cm³/mol. The first kappa shape index (κ1) is 14.7. The van der Waals surface area contributed by atoms with E-state index in [1.807, 2.05) is 0 Å². The van der Waals surface area contributed by atoms with Gasteiger partial charge in [-0.1, -0.05) is 11.6 Å². The highest BCUT2D eigenvalue weighted by atomic mass is 35.5. The third-order valence-electron chi connectivity index (χ3n) is 5.39. The van der Waals surface area contributed by atoms with E-state index in [1.165, 1.54) is 0 Å². The summed E-state index contributed by atoms with van der Waals surface area (Å²) in [4.78, 5) is 12.9. The normalized spacial score (nSPS) is 36.2. The molecule has 1 aromatic rings. The van der Waals surface area contributed by atoms with Crippen molar-refractivity contribution in [1.82, 2.24) is 0 Å². The van der Waals surface area contributed by atoms with Crippen LogP contribution in [0.25, 0.3) is 0 Å². The number of hydrogen-bond acceptors (Lipinski definition) is 5. The maximum absolute atomic E-state index is 12.9. The van der Waals surface area contributed by atoms with Gasteiger partial charge in [0.15, 0.2) is 17.5 Å². The second kappa shape index (κ2) is 4.79. The number of nitriles is 2. The van der Waals surface area contributed by atoms with Crippen LogP contribution in [0.15, 0.2) is 24.3 Å². The second-order valence-electron chi connectivity index (χ2n) is 6.34. The summed E-state index contributed by atoms with van der Waals surface area (Å²) in [5.41, 5.74) is -1.80. The molecule has 4 rings (SSSR count). The van der Waals surface area contributed by atoms with Crippen molar-refractivity contribution in [3.8, 4) is 12.1 Å². The van der Waals surface area contributed by atoms with Crippen LogP contribution in [-0.2, 0) is 9.47 Å². The van der Waals surface area contributed by atoms with Gasteiger partial charge in [0.05, 0.1) is 36.2 Å². The van der Waals surface area contributed by atoms with Crippen LogP contribution in [0, 0.1) is 39.4 Å². The number of carbonyl (C=O) groups is 1. The molecular weight excluding hydrogens is 316 g/mol. The zero-order chi connectivity index (χ0) is 16.2. The summed E-state index contributed by atoms with van der Waals surface area (Å²) in [6.45, 7) is 0.460. The van der Waals surface area contributed by atoms with Crippen molar-refractivity contribution in [2.75, 3.05) is 6.61 Å². The number of hydrogen-bond donors (Lipinski definition) is 0. The maximum Gasteiger partial charge on any atom is 0.169 e. The average molecular weight is 329 g/mol. The maximum atomic E-state index is 12.9. The number of nitrogens with zero attached hydrogens (tertiary/aromatic N) is 2. The Balaban J connectivity index is 1.75. The molecule has 3 aliphatic rings. The molecule has 2 aliphatic heterocycles. The molecule has 0 radical (unpaired) electrons. The predicted octanol–water partition coefficient (Wildman–Crippen LogP) is 2.71. The fraction of sp³-hybridized carbons (Fsp3) is 0.471. The molecule has 2 heterocycles. The van der Waals surface area contributed by atoms with Crippen LogP contribution in [-0.4, -0.2) is 24.8 Å². The van der Waals surface area contributed by atoms with E-state index in [1.54, 1.807) is 24.3 Å². The fourth-order valence-corrected chi connectivity index (χ4v) is 4.31. The van der Waals surface area contributed by atoms with Crippen molar-refractivity contribution in [2.24, 2.45) is 16.7 Å². The minimum atomic E-state index is -1.39. The van der Waals surface area contributed by atoms with Gasteiger partial charge in [0, 0.05) is 10.6 Å². The Kier molecular flexibility index (Phi) is 3.05. The smallest absolute Gasteiger partial charge is 0.169 e. The van der Waals surface area contributed by atoms with E-state index < -0.39 is 23.0 Å². The largest absolute Gasteiger partial charge is 0.349 e. The molecule has 1 spiro atoms. The molecular formula is C17H13ClN2O3. The number of benzene rings is 1. The molecule has 116 valence electrons. The Labute approximate surface area is 138 Å². The molecule has 5 nitrogen and oxygen atoms in total. The summed E-state index contributed by atoms with van der Waals surface area (Å²) >= 11 is 5.86. The van der Waals surface area contributed by atoms with Gasteiger partial charge in [-0.25, -0.2) is 0 Å². The third-order valence-corrected chi connectivity index (χ3v) is 5.64. The summed E-state index contributed by atoms with van der Waals surface area (Å²) in [5.74, 6) is -0.947. The zero-order valence-electron chi connectivity index (χ0n) is 12.2. The van der Waals surface area contributed by atoms with Crippen LogP contribution < -0.4 is 0 Å². The summed E-state index contributed by atoms with van der Waals surface area (Å²) < 4.78 is 11.4. The van der Waals surface area contributed by atoms with Gasteiger partial charge in [0.25, 0.3) is 0 Å². The fourth-order valence-electron chi connectivity index (χ4n) is 4.18. The molecule has 4 atom stereocenters. The minimum Gasteiger partial charge on any atom is -0.349 e. The summed E-state index contributed by atoms with van der Waals surface area (Å²) in [7, 11) is 0. The average Bonchev–Trinajstić information content (AvgIpc) is 2.94. The number of Topliss-reactive ketones (excluding diaryl/α,β-unsaturated/α-hetero) is 1. The lowest BCUT2D eigenvalue weighted by atomic mass is 9.86. The SMILES string of the molecule is N#CC1(C#N)[C@H](C(=O)c2ccc(Cl)cc2)[C@@]12CC[C@H]1CO[C@@H]2O1. The van der Waals surface area contributed by atoms with Crippen molar-refractivity contribution < 1.29 is 14.3 Å². The van der Waals surface area contributed by atoms with Crippen molar-refractivity contribution >= 4 is 17.4 Å². The molecule has 6 heteroatoms. The Morgan fingerprint density at radius 3 is 2.61 bits per heavy atom. The van der Waals surface area contributed by atoms with Crippen LogP contribution in [0.5, 0.6) is 0 Å². The van der Waals surface area contributed by atoms with Gasteiger partial charge < -0.3 is 9.47 Å². The molecule has 23 heavy (non-hydrogen) atoms. The van der Waals surface area contributed by atoms with Crippen LogP contribution in [0.3, 0.4) is 0 Å². The topological polar surface area (TPSA) is 83.1 Å². The van der Waals surface area contributed by atoms with Crippen LogP contribution in [0.4, 0.5) is 0 Å². The second-order valence-corrected chi connectivity index (χ2v) is 6.77. The lowest BCUT2D eigenvalue weighted by molar-refractivity contribution is -0.140. The Hall–Kier alpha value is -1.92. The van der Waals surface area contributed by atoms with Gasteiger partial charge in [-0.05, 0) is 37.1 Å². The monoisotopic (exact) mass is 328 g/mol. The van der Waals surface area contributed by atoms with E-state index in [4.69, 9.17) is 21.1 Å². The van der Waals surface area contributed by atoms with E-state index in [0.717, 1.165) is 0 Å². The highest BCUT2D eigenvalue weighted by Gasteiger charge is 2.86. The number of rotatable bonds is 2. The molecule has 0 N–H and O–H groups in total. The van der Waals surface area contributed by atoms with Gasteiger partial charge in [0.2, 0.25) is 0 Å². The molecule has 1 aliphatic carbocycles. The number of ketones is 1. The molecule has 0 amide bonds. The summed E-state index contributed by atoms with van der Waals surface area (Å²) in [5, 5.41) is 19.8. The Morgan fingerprint density at radius 2 is 1.96 bits per heavy atom. The molecule has 1 saturated carbocycles. The quantitative estimate of drug-likeness (QED) is 0.779. The van der Waals surface area contributed by atoms with Gasteiger partial charge >= 0.3 is 0 Å². The highest BCUT2D eigenvalue weighted by Crippen LogP contribution is 2.76. The molecule has 1 aromatic carbocycles. The standard InChI is InChI=1S/C17H13ClN2O3/c18-11-3-1-10(2-4-11)13(21)14-16(8-19,9-20)17(14)6-5-12-7-22-15(17)23-12/h1-4,12,14-15H,5-7H2/t12-,14-,15+,17+/m0/s1. The van der Waals surface area contributed by atoms with E-state index in [2.05, 4.69) is 12.1 Å². The number of carbonyl (C=O) groups excluding carboxylic acids is 1.